The van der Waals surface area contributed by atoms with Gasteiger partial charge in [0.15, 0.2) is 0 Å². The van der Waals surface area contributed by atoms with Crippen LogP contribution in [0.25, 0.3) is 0 Å². The Morgan fingerprint density at radius 3 is 2.89 bits per heavy atom. The molecule has 1 atom stereocenters. The number of hydrogen-bond acceptors (Lipinski definition) is 3. The summed E-state index contributed by atoms with van der Waals surface area (Å²) in [5, 5.41) is 2.84. The third-order valence-electron chi connectivity index (χ3n) is 3.22. The SMILES string of the molecule is Cn1ccnc1CN1CCNCC(C(F)(F)F)C1. The van der Waals surface area contributed by atoms with Crippen molar-refractivity contribution < 1.29 is 13.2 Å². The van der Waals surface area contributed by atoms with Crippen LogP contribution in [0, 0.1) is 5.92 Å². The van der Waals surface area contributed by atoms with Crippen molar-refractivity contribution in [2.24, 2.45) is 13.0 Å². The van der Waals surface area contributed by atoms with Crippen LogP contribution in [0.4, 0.5) is 13.2 Å². The second-order valence-corrected chi connectivity index (χ2v) is 4.63. The summed E-state index contributed by atoms with van der Waals surface area (Å²) in [6.45, 7) is 1.68. The number of aromatic nitrogens is 2. The Bertz CT molecular complexity index is 388. The predicted octanol–water partition coefficient (Wildman–Crippen LogP) is 1.00. The summed E-state index contributed by atoms with van der Waals surface area (Å²) in [4.78, 5) is 5.95. The van der Waals surface area contributed by atoms with Gasteiger partial charge in [-0.3, -0.25) is 4.90 Å². The van der Waals surface area contributed by atoms with E-state index in [4.69, 9.17) is 0 Å². The van der Waals surface area contributed by atoms with E-state index in [1.807, 2.05) is 11.6 Å². The molecule has 0 spiro atoms. The van der Waals surface area contributed by atoms with E-state index in [1.165, 1.54) is 0 Å². The summed E-state index contributed by atoms with van der Waals surface area (Å²) in [6, 6.07) is 0. The highest BCUT2D eigenvalue weighted by molar-refractivity contribution is 4.92. The van der Waals surface area contributed by atoms with E-state index < -0.39 is 12.1 Å². The fourth-order valence-electron chi connectivity index (χ4n) is 2.09. The number of aryl methyl sites for hydroxylation is 1. The zero-order valence-corrected chi connectivity index (χ0v) is 10.2. The standard InChI is InChI=1S/C11H17F3N4/c1-17-4-3-16-10(17)8-18-5-2-15-6-9(7-18)11(12,13)14/h3-4,9,15H,2,5-8H2,1H3. The Morgan fingerprint density at radius 1 is 1.50 bits per heavy atom. The first-order valence-corrected chi connectivity index (χ1v) is 5.93. The van der Waals surface area contributed by atoms with Crippen molar-refractivity contribution in [1.82, 2.24) is 19.8 Å². The maximum atomic E-state index is 12.8. The number of alkyl halides is 3. The molecule has 1 unspecified atom stereocenters. The molecule has 2 heterocycles. The summed E-state index contributed by atoms with van der Waals surface area (Å²) in [7, 11) is 1.85. The average Bonchev–Trinajstić information content (AvgIpc) is 2.54. The van der Waals surface area contributed by atoms with Crippen LogP contribution >= 0.6 is 0 Å². The number of nitrogens with one attached hydrogen (secondary N) is 1. The van der Waals surface area contributed by atoms with Gasteiger partial charge < -0.3 is 9.88 Å². The topological polar surface area (TPSA) is 33.1 Å². The lowest BCUT2D eigenvalue weighted by Crippen LogP contribution is -2.38. The van der Waals surface area contributed by atoms with Crippen molar-refractivity contribution >= 4 is 0 Å². The van der Waals surface area contributed by atoms with E-state index in [0.29, 0.717) is 19.6 Å². The first kappa shape index (κ1) is 13.4. The maximum Gasteiger partial charge on any atom is 0.394 e. The second kappa shape index (κ2) is 5.27. The van der Waals surface area contributed by atoms with Crippen molar-refractivity contribution in [2.45, 2.75) is 12.7 Å². The average molecular weight is 262 g/mol. The zero-order valence-electron chi connectivity index (χ0n) is 10.2. The van der Waals surface area contributed by atoms with Crippen molar-refractivity contribution in [3.8, 4) is 0 Å². The minimum absolute atomic E-state index is 0.000561. The molecule has 1 aromatic rings. The third kappa shape index (κ3) is 3.23. The summed E-state index contributed by atoms with van der Waals surface area (Å²) in [5.74, 6) is -0.516. The highest BCUT2D eigenvalue weighted by Gasteiger charge is 2.41. The first-order valence-electron chi connectivity index (χ1n) is 5.93. The molecular formula is C11H17F3N4. The highest BCUT2D eigenvalue weighted by atomic mass is 19.4. The Labute approximate surface area is 104 Å². The van der Waals surface area contributed by atoms with Gasteiger partial charge in [-0.1, -0.05) is 0 Å². The minimum atomic E-state index is -4.14. The predicted molar refractivity (Wildman–Crippen MR) is 60.9 cm³/mol. The molecule has 0 aliphatic carbocycles. The molecule has 1 aromatic heterocycles. The number of rotatable bonds is 2. The molecule has 1 saturated heterocycles. The lowest BCUT2D eigenvalue weighted by atomic mass is 10.1. The van der Waals surface area contributed by atoms with Crippen molar-refractivity contribution in [1.29, 1.82) is 0 Å². The van der Waals surface area contributed by atoms with Gasteiger partial charge in [0.2, 0.25) is 0 Å². The van der Waals surface area contributed by atoms with Crippen LogP contribution in [0.1, 0.15) is 5.82 Å². The van der Waals surface area contributed by atoms with Crippen molar-refractivity contribution in [2.75, 3.05) is 26.2 Å². The largest absolute Gasteiger partial charge is 0.394 e. The zero-order chi connectivity index (χ0) is 13.2. The number of nitrogens with zero attached hydrogens (tertiary/aromatic N) is 3. The molecule has 7 heteroatoms. The van der Waals surface area contributed by atoms with Crippen LogP contribution in [0.2, 0.25) is 0 Å². The molecule has 0 amide bonds. The normalized spacial score (nSPS) is 23.0. The Kier molecular flexibility index (Phi) is 3.91. The molecule has 1 aliphatic heterocycles. The second-order valence-electron chi connectivity index (χ2n) is 4.63. The quantitative estimate of drug-likeness (QED) is 0.863. The maximum absolute atomic E-state index is 12.8. The van der Waals surface area contributed by atoms with Gasteiger partial charge in [-0.25, -0.2) is 4.98 Å². The fourth-order valence-corrected chi connectivity index (χ4v) is 2.09. The lowest BCUT2D eigenvalue weighted by molar-refractivity contribution is -0.176. The van der Waals surface area contributed by atoms with E-state index in [0.717, 1.165) is 5.82 Å². The fraction of sp³-hybridized carbons (Fsp3) is 0.727. The highest BCUT2D eigenvalue weighted by Crippen LogP contribution is 2.27. The third-order valence-corrected chi connectivity index (χ3v) is 3.22. The molecule has 102 valence electrons. The Balaban J connectivity index is 2.01. The van der Waals surface area contributed by atoms with E-state index in [2.05, 4.69) is 10.3 Å². The number of imidazole rings is 1. The van der Waals surface area contributed by atoms with E-state index >= 15 is 0 Å². The van der Waals surface area contributed by atoms with Crippen LogP contribution in [0.15, 0.2) is 12.4 Å². The summed E-state index contributed by atoms with van der Waals surface area (Å²) in [6.07, 6.45) is -0.684. The van der Waals surface area contributed by atoms with E-state index in [9.17, 15) is 13.2 Å². The monoisotopic (exact) mass is 262 g/mol. The lowest BCUT2D eigenvalue weighted by Gasteiger charge is -2.24. The van der Waals surface area contributed by atoms with Gasteiger partial charge in [0.1, 0.15) is 5.82 Å². The van der Waals surface area contributed by atoms with Gasteiger partial charge >= 0.3 is 6.18 Å². The smallest absolute Gasteiger partial charge is 0.337 e. The van der Waals surface area contributed by atoms with Crippen LogP contribution in [0.3, 0.4) is 0 Å². The molecule has 1 fully saturated rings. The summed E-state index contributed by atoms with van der Waals surface area (Å²) in [5.41, 5.74) is 0. The number of halogens is 3. The molecular weight excluding hydrogens is 245 g/mol. The van der Waals surface area contributed by atoms with Gasteiger partial charge in [-0.2, -0.15) is 13.2 Å². The molecule has 1 aliphatic rings. The van der Waals surface area contributed by atoms with Gasteiger partial charge in [0, 0.05) is 45.6 Å². The van der Waals surface area contributed by atoms with Gasteiger partial charge in [-0.05, 0) is 0 Å². The van der Waals surface area contributed by atoms with Crippen molar-refractivity contribution in [3.05, 3.63) is 18.2 Å². The van der Waals surface area contributed by atoms with Gasteiger partial charge in [-0.15, -0.1) is 0 Å². The Hall–Kier alpha value is -1.08. The molecule has 0 bridgehead atoms. The first-order chi connectivity index (χ1) is 8.47. The molecule has 1 N–H and O–H groups in total. The summed E-state index contributed by atoms with van der Waals surface area (Å²) >= 11 is 0. The van der Waals surface area contributed by atoms with Gasteiger partial charge in [0.25, 0.3) is 0 Å². The van der Waals surface area contributed by atoms with Gasteiger partial charge in [0.05, 0.1) is 12.5 Å². The molecule has 18 heavy (non-hydrogen) atoms. The summed E-state index contributed by atoms with van der Waals surface area (Å²) < 4.78 is 40.1. The van der Waals surface area contributed by atoms with Crippen LogP contribution in [0.5, 0.6) is 0 Å². The molecule has 0 aromatic carbocycles. The molecule has 4 nitrogen and oxygen atoms in total. The van der Waals surface area contributed by atoms with Crippen molar-refractivity contribution in [3.63, 3.8) is 0 Å². The van der Waals surface area contributed by atoms with Crippen LogP contribution < -0.4 is 5.32 Å². The van der Waals surface area contributed by atoms with E-state index in [-0.39, 0.29) is 13.1 Å². The number of hydrogen-bond donors (Lipinski definition) is 1. The molecule has 0 radical (unpaired) electrons. The van der Waals surface area contributed by atoms with Crippen LogP contribution in [-0.4, -0.2) is 46.8 Å². The minimum Gasteiger partial charge on any atom is -0.337 e. The van der Waals surface area contributed by atoms with Crippen LogP contribution in [-0.2, 0) is 13.6 Å². The molecule has 2 rings (SSSR count). The van der Waals surface area contributed by atoms with E-state index in [1.54, 1.807) is 17.3 Å². The molecule has 0 saturated carbocycles. The Morgan fingerprint density at radius 2 is 2.28 bits per heavy atom.